The molecule has 1 aromatic heterocycles. The largest absolute Gasteiger partial charge is 0.497 e. The summed E-state index contributed by atoms with van der Waals surface area (Å²) in [6, 6.07) is 22.8. The molecule has 5 rings (SSSR count). The van der Waals surface area contributed by atoms with Crippen molar-refractivity contribution in [1.29, 1.82) is 0 Å². The van der Waals surface area contributed by atoms with Gasteiger partial charge in [0.15, 0.2) is 0 Å². The molecule has 1 N–H and O–H groups in total. The smallest absolute Gasteiger partial charge is 0.346 e. The van der Waals surface area contributed by atoms with Crippen LogP contribution < -0.4 is 20.4 Å². The lowest BCUT2D eigenvalue weighted by Crippen LogP contribution is -2.45. The summed E-state index contributed by atoms with van der Waals surface area (Å²) in [4.78, 5) is 17.8. The van der Waals surface area contributed by atoms with E-state index in [2.05, 4.69) is 22.2 Å². The first-order valence-electron chi connectivity index (χ1n) is 12.2. The summed E-state index contributed by atoms with van der Waals surface area (Å²) in [6.45, 7) is 5.95. The normalized spacial score (nSPS) is 14.6. The Labute approximate surface area is 210 Å². The van der Waals surface area contributed by atoms with Gasteiger partial charge in [0.25, 0.3) is 0 Å². The number of nitrogens with zero attached hydrogens (tertiary/aromatic N) is 2. The van der Waals surface area contributed by atoms with E-state index >= 15 is 0 Å². The third-order valence-corrected chi connectivity index (χ3v) is 6.59. The van der Waals surface area contributed by atoms with E-state index in [0.717, 1.165) is 60.9 Å². The number of methoxy groups -OCH3 is 1. The van der Waals surface area contributed by atoms with Crippen molar-refractivity contribution in [2.45, 2.75) is 0 Å². The molecule has 7 heteroatoms. The minimum absolute atomic E-state index is 0.398. The van der Waals surface area contributed by atoms with Gasteiger partial charge in [-0.3, -0.25) is 4.90 Å². The molecular formula is C29H31N3O4. The molecule has 3 aromatic carbocycles. The minimum atomic E-state index is -0.398. The second-order valence-electron chi connectivity index (χ2n) is 9.01. The molecule has 2 heterocycles. The SMILES string of the molecule is COc1ccc(-c2c(Nc3ccc(OCCN4CCN(C)CC4)cc3)c3ccccc3oc2=O)cc1. The number of nitrogens with one attached hydrogen (secondary N) is 1. The fourth-order valence-corrected chi connectivity index (χ4v) is 4.44. The van der Waals surface area contributed by atoms with Crippen molar-refractivity contribution < 1.29 is 13.9 Å². The first-order valence-corrected chi connectivity index (χ1v) is 12.2. The van der Waals surface area contributed by atoms with Crippen LogP contribution in [0.1, 0.15) is 0 Å². The van der Waals surface area contributed by atoms with Gasteiger partial charge in [-0.2, -0.15) is 0 Å². The van der Waals surface area contributed by atoms with Crippen LogP contribution in [-0.4, -0.2) is 63.3 Å². The van der Waals surface area contributed by atoms with Crippen molar-refractivity contribution >= 4 is 22.3 Å². The van der Waals surface area contributed by atoms with E-state index in [1.54, 1.807) is 13.2 Å². The Morgan fingerprint density at radius 1 is 0.889 bits per heavy atom. The van der Waals surface area contributed by atoms with Gasteiger partial charge in [0.1, 0.15) is 23.7 Å². The van der Waals surface area contributed by atoms with Crippen LogP contribution >= 0.6 is 0 Å². The third-order valence-electron chi connectivity index (χ3n) is 6.59. The number of anilines is 2. The number of para-hydroxylation sites is 1. The molecule has 0 unspecified atom stereocenters. The van der Waals surface area contributed by atoms with Gasteiger partial charge in [0, 0.05) is 43.8 Å². The van der Waals surface area contributed by atoms with Crippen molar-refractivity contribution in [3.05, 3.63) is 83.2 Å². The highest BCUT2D eigenvalue weighted by molar-refractivity contribution is 5.99. The van der Waals surface area contributed by atoms with Crippen molar-refractivity contribution in [3.63, 3.8) is 0 Å². The standard InChI is InChI=1S/C29H31N3O4/c1-31-15-17-32(18-16-31)19-20-35-24-13-9-22(10-14-24)30-28-25-5-3-4-6-26(25)36-29(33)27(28)21-7-11-23(34-2)12-8-21/h3-14,30H,15-20H2,1-2H3. The number of piperazine rings is 1. The van der Waals surface area contributed by atoms with Gasteiger partial charge in [-0.05, 0) is 61.1 Å². The Kier molecular flexibility index (Phi) is 7.21. The average molecular weight is 486 g/mol. The summed E-state index contributed by atoms with van der Waals surface area (Å²) in [6.07, 6.45) is 0. The quantitative estimate of drug-likeness (QED) is 0.358. The first kappa shape index (κ1) is 23.9. The molecule has 0 radical (unpaired) electrons. The van der Waals surface area contributed by atoms with Crippen LogP contribution in [0.3, 0.4) is 0 Å². The summed E-state index contributed by atoms with van der Waals surface area (Å²) < 4.78 is 16.9. The first-order chi connectivity index (χ1) is 17.6. The van der Waals surface area contributed by atoms with E-state index in [-0.39, 0.29) is 0 Å². The van der Waals surface area contributed by atoms with Gasteiger partial charge >= 0.3 is 5.63 Å². The number of likely N-dealkylation sites (N-methyl/N-ethyl adjacent to an activating group) is 1. The lowest BCUT2D eigenvalue weighted by molar-refractivity contribution is 0.134. The molecule has 4 aromatic rings. The van der Waals surface area contributed by atoms with Crippen molar-refractivity contribution in [3.8, 4) is 22.6 Å². The van der Waals surface area contributed by atoms with Crippen LogP contribution in [0.15, 0.2) is 82.0 Å². The van der Waals surface area contributed by atoms with E-state index in [9.17, 15) is 4.79 Å². The van der Waals surface area contributed by atoms with E-state index in [0.29, 0.717) is 23.4 Å². The molecule has 7 nitrogen and oxygen atoms in total. The van der Waals surface area contributed by atoms with E-state index in [1.807, 2.05) is 66.7 Å². The molecule has 0 aliphatic carbocycles. The molecule has 0 amide bonds. The van der Waals surface area contributed by atoms with Gasteiger partial charge in [-0.25, -0.2) is 4.79 Å². The predicted octanol–water partition coefficient (Wildman–Crippen LogP) is 4.84. The highest BCUT2D eigenvalue weighted by Crippen LogP contribution is 2.35. The van der Waals surface area contributed by atoms with Crippen LogP contribution in [0.2, 0.25) is 0 Å². The predicted molar refractivity (Wildman–Crippen MR) is 144 cm³/mol. The van der Waals surface area contributed by atoms with Crippen LogP contribution in [0.4, 0.5) is 11.4 Å². The zero-order valence-corrected chi connectivity index (χ0v) is 20.7. The van der Waals surface area contributed by atoms with Gasteiger partial charge in [-0.15, -0.1) is 0 Å². The number of ether oxygens (including phenoxy) is 2. The maximum atomic E-state index is 13.1. The van der Waals surface area contributed by atoms with E-state index in [4.69, 9.17) is 13.9 Å². The zero-order chi connectivity index (χ0) is 24.9. The molecule has 1 fully saturated rings. The number of hydrogen-bond acceptors (Lipinski definition) is 7. The van der Waals surface area contributed by atoms with Crippen LogP contribution in [0.25, 0.3) is 22.1 Å². The van der Waals surface area contributed by atoms with E-state index < -0.39 is 5.63 Å². The number of benzene rings is 3. The summed E-state index contributed by atoms with van der Waals surface area (Å²) in [7, 11) is 3.78. The fourth-order valence-electron chi connectivity index (χ4n) is 4.44. The van der Waals surface area contributed by atoms with Crippen molar-refractivity contribution in [2.24, 2.45) is 0 Å². The van der Waals surface area contributed by atoms with Crippen LogP contribution in [0.5, 0.6) is 11.5 Å². The summed E-state index contributed by atoms with van der Waals surface area (Å²) in [5.74, 6) is 1.55. The molecular weight excluding hydrogens is 454 g/mol. The lowest BCUT2D eigenvalue weighted by Gasteiger charge is -2.32. The molecule has 1 saturated heterocycles. The molecule has 1 aliphatic rings. The summed E-state index contributed by atoms with van der Waals surface area (Å²) in [5, 5.41) is 4.29. The van der Waals surface area contributed by atoms with Gasteiger partial charge in [-0.1, -0.05) is 24.3 Å². The Bertz CT molecular complexity index is 1360. The molecule has 0 bridgehead atoms. The van der Waals surface area contributed by atoms with E-state index in [1.165, 1.54) is 0 Å². The molecule has 0 atom stereocenters. The van der Waals surface area contributed by atoms with Crippen molar-refractivity contribution in [2.75, 3.05) is 58.8 Å². The third kappa shape index (κ3) is 5.37. The number of rotatable bonds is 8. The van der Waals surface area contributed by atoms with Gasteiger partial charge in [0.2, 0.25) is 0 Å². The topological polar surface area (TPSA) is 67.2 Å². The zero-order valence-electron chi connectivity index (χ0n) is 20.7. The minimum Gasteiger partial charge on any atom is -0.497 e. The Hall–Kier alpha value is -3.81. The fraction of sp³-hybridized carbons (Fsp3) is 0.276. The number of fused-ring (bicyclic) bond motifs is 1. The maximum absolute atomic E-state index is 13.1. The average Bonchev–Trinajstić information content (AvgIpc) is 2.91. The highest BCUT2D eigenvalue weighted by atomic mass is 16.5. The molecule has 0 spiro atoms. The lowest BCUT2D eigenvalue weighted by atomic mass is 10.0. The van der Waals surface area contributed by atoms with Crippen molar-refractivity contribution in [1.82, 2.24) is 9.80 Å². The summed E-state index contributed by atoms with van der Waals surface area (Å²) >= 11 is 0. The molecule has 0 saturated carbocycles. The van der Waals surface area contributed by atoms with Gasteiger partial charge in [0.05, 0.1) is 18.4 Å². The maximum Gasteiger partial charge on any atom is 0.346 e. The molecule has 1 aliphatic heterocycles. The number of hydrogen-bond donors (Lipinski definition) is 1. The molecule has 186 valence electrons. The second-order valence-corrected chi connectivity index (χ2v) is 9.01. The second kappa shape index (κ2) is 10.8. The Morgan fingerprint density at radius 2 is 1.58 bits per heavy atom. The van der Waals surface area contributed by atoms with Crippen LogP contribution in [-0.2, 0) is 0 Å². The monoisotopic (exact) mass is 485 g/mol. The highest BCUT2D eigenvalue weighted by Gasteiger charge is 2.17. The van der Waals surface area contributed by atoms with Crippen LogP contribution in [0, 0.1) is 0 Å². The van der Waals surface area contributed by atoms with Gasteiger partial charge < -0.3 is 24.1 Å². The Morgan fingerprint density at radius 3 is 2.31 bits per heavy atom. The Balaban J connectivity index is 1.36. The molecule has 36 heavy (non-hydrogen) atoms. The summed E-state index contributed by atoms with van der Waals surface area (Å²) in [5.41, 5.74) is 2.92.